The molecule has 0 saturated heterocycles. The van der Waals surface area contributed by atoms with Gasteiger partial charge in [0, 0.05) is 30.3 Å². The molecule has 0 saturated carbocycles. The van der Waals surface area contributed by atoms with E-state index in [1.165, 1.54) is 0 Å². The molecule has 138 valence electrons. The summed E-state index contributed by atoms with van der Waals surface area (Å²) in [6.45, 7) is 3.70. The fraction of sp³-hybridized carbons (Fsp3) is 0.364. The third-order valence-corrected chi connectivity index (χ3v) is 4.71. The van der Waals surface area contributed by atoms with E-state index in [1.54, 1.807) is 7.11 Å². The molecule has 3 rings (SSSR count). The van der Waals surface area contributed by atoms with Gasteiger partial charge >= 0.3 is 0 Å². The van der Waals surface area contributed by atoms with Crippen LogP contribution in [0.5, 0.6) is 5.75 Å². The number of allylic oxidation sites excluding steroid dienone is 3. The summed E-state index contributed by atoms with van der Waals surface area (Å²) in [4.78, 5) is 0. The zero-order valence-corrected chi connectivity index (χ0v) is 15.4. The van der Waals surface area contributed by atoms with E-state index in [1.807, 2.05) is 42.5 Å². The zero-order chi connectivity index (χ0) is 18.4. The van der Waals surface area contributed by atoms with E-state index >= 15 is 0 Å². The number of aliphatic hydroxyl groups excluding tert-OH is 1. The summed E-state index contributed by atoms with van der Waals surface area (Å²) >= 11 is 0. The van der Waals surface area contributed by atoms with E-state index in [0.717, 1.165) is 35.2 Å². The van der Waals surface area contributed by atoms with Crippen molar-refractivity contribution >= 4 is 10.8 Å². The quantitative estimate of drug-likeness (QED) is 0.760. The molecule has 2 N–H and O–H groups in total. The third-order valence-electron chi connectivity index (χ3n) is 4.71. The minimum absolute atomic E-state index is 0.00367. The first-order chi connectivity index (χ1) is 12.6. The second-order valence-electron chi connectivity index (χ2n) is 7.10. The molecule has 0 aromatic heterocycles. The second-order valence-corrected chi connectivity index (χ2v) is 7.10. The van der Waals surface area contributed by atoms with Crippen LogP contribution in [0.4, 0.5) is 0 Å². The lowest BCUT2D eigenvalue weighted by atomic mass is 9.83. The highest BCUT2D eigenvalue weighted by Gasteiger charge is 2.25. The second kappa shape index (κ2) is 8.39. The predicted molar refractivity (Wildman–Crippen MR) is 105 cm³/mol. The normalized spacial score (nSPS) is 20.7. The highest BCUT2D eigenvalue weighted by atomic mass is 16.5. The number of fused-ring (bicyclic) bond motifs is 1. The molecule has 2 atom stereocenters. The summed E-state index contributed by atoms with van der Waals surface area (Å²) in [7, 11) is 1.70. The average Bonchev–Trinajstić information content (AvgIpc) is 2.66. The van der Waals surface area contributed by atoms with Gasteiger partial charge in [0.15, 0.2) is 0 Å². The summed E-state index contributed by atoms with van der Waals surface area (Å²) in [5.41, 5.74) is -0.00367. The molecule has 4 nitrogen and oxygen atoms in total. The van der Waals surface area contributed by atoms with Crippen molar-refractivity contribution in [2.45, 2.75) is 19.4 Å². The van der Waals surface area contributed by atoms with Crippen LogP contribution >= 0.6 is 0 Å². The van der Waals surface area contributed by atoms with Crippen LogP contribution in [-0.4, -0.2) is 38.0 Å². The maximum absolute atomic E-state index is 10.3. The molecular weight excluding hydrogens is 326 g/mol. The van der Waals surface area contributed by atoms with Crippen molar-refractivity contribution in [3.8, 4) is 5.75 Å². The van der Waals surface area contributed by atoms with Gasteiger partial charge in [0.1, 0.15) is 18.5 Å². The standard InChI is InChI=1S/C22H27NO3/c1-22(12-6-9-19(13-22)25-2)16-23-14-18(24)15-26-21-11-5-8-17-7-3-4-10-20(17)21/h3-12,18,23-24H,13-16H2,1-2H3/t18?,22-/m0/s1. The number of nitrogens with one attached hydrogen (secondary N) is 1. The SMILES string of the molecule is COC1=CC=C[C@](C)(CNCC(O)COc2cccc3ccccc23)C1. The van der Waals surface area contributed by atoms with Gasteiger partial charge in [-0.25, -0.2) is 0 Å². The average molecular weight is 353 g/mol. The molecule has 4 heteroatoms. The van der Waals surface area contributed by atoms with E-state index in [4.69, 9.17) is 9.47 Å². The fourth-order valence-corrected chi connectivity index (χ4v) is 3.26. The first-order valence-electron chi connectivity index (χ1n) is 9.01. The number of hydrogen-bond donors (Lipinski definition) is 2. The minimum atomic E-state index is -0.567. The highest BCUT2D eigenvalue weighted by molar-refractivity contribution is 5.88. The predicted octanol–water partition coefficient (Wildman–Crippen LogP) is 3.67. The van der Waals surface area contributed by atoms with E-state index in [-0.39, 0.29) is 12.0 Å². The van der Waals surface area contributed by atoms with Crippen molar-refractivity contribution in [2.75, 3.05) is 26.8 Å². The van der Waals surface area contributed by atoms with Crippen LogP contribution in [-0.2, 0) is 4.74 Å². The van der Waals surface area contributed by atoms with Crippen LogP contribution < -0.4 is 10.1 Å². The maximum Gasteiger partial charge on any atom is 0.127 e. The third kappa shape index (κ3) is 4.65. The number of rotatable bonds is 8. The van der Waals surface area contributed by atoms with Gasteiger partial charge in [0.2, 0.25) is 0 Å². The van der Waals surface area contributed by atoms with Gasteiger partial charge in [-0.05, 0) is 17.5 Å². The Hall–Kier alpha value is -2.30. The first kappa shape index (κ1) is 18.5. The molecule has 26 heavy (non-hydrogen) atoms. The molecule has 0 bridgehead atoms. The maximum atomic E-state index is 10.3. The van der Waals surface area contributed by atoms with Gasteiger partial charge in [-0.2, -0.15) is 0 Å². The van der Waals surface area contributed by atoms with Crippen molar-refractivity contribution in [2.24, 2.45) is 5.41 Å². The van der Waals surface area contributed by atoms with Crippen molar-refractivity contribution in [3.63, 3.8) is 0 Å². The summed E-state index contributed by atoms with van der Waals surface area (Å²) < 4.78 is 11.2. The lowest BCUT2D eigenvalue weighted by Gasteiger charge is -2.29. The van der Waals surface area contributed by atoms with Crippen LogP contribution in [0.1, 0.15) is 13.3 Å². The van der Waals surface area contributed by atoms with Gasteiger partial charge < -0.3 is 19.9 Å². The molecule has 1 aliphatic carbocycles. The van der Waals surface area contributed by atoms with Gasteiger partial charge in [0.05, 0.1) is 12.9 Å². The summed E-state index contributed by atoms with van der Waals surface area (Å²) in [6.07, 6.45) is 6.50. The van der Waals surface area contributed by atoms with Crippen molar-refractivity contribution in [3.05, 3.63) is 66.5 Å². The minimum Gasteiger partial charge on any atom is -0.501 e. The van der Waals surface area contributed by atoms with Gasteiger partial charge in [-0.1, -0.05) is 55.5 Å². The number of methoxy groups -OCH3 is 1. The molecule has 0 radical (unpaired) electrons. The molecule has 0 aliphatic heterocycles. The molecule has 0 heterocycles. The zero-order valence-electron chi connectivity index (χ0n) is 15.4. The molecule has 0 amide bonds. The fourth-order valence-electron chi connectivity index (χ4n) is 3.26. The van der Waals surface area contributed by atoms with Crippen LogP contribution in [0.15, 0.2) is 66.5 Å². The molecule has 2 aromatic carbocycles. The lowest BCUT2D eigenvalue weighted by molar-refractivity contribution is 0.104. The summed E-state index contributed by atoms with van der Waals surface area (Å²) in [5, 5.41) is 15.8. The van der Waals surface area contributed by atoms with E-state index in [0.29, 0.717) is 6.54 Å². The van der Waals surface area contributed by atoms with Crippen LogP contribution in [0.3, 0.4) is 0 Å². The van der Waals surface area contributed by atoms with Crippen LogP contribution in [0, 0.1) is 5.41 Å². The number of aliphatic hydroxyl groups is 1. The van der Waals surface area contributed by atoms with Crippen LogP contribution in [0.2, 0.25) is 0 Å². The Labute approximate surface area is 155 Å². The van der Waals surface area contributed by atoms with E-state index in [9.17, 15) is 5.11 Å². The largest absolute Gasteiger partial charge is 0.501 e. The first-order valence-corrected chi connectivity index (χ1v) is 9.01. The molecule has 0 spiro atoms. The Morgan fingerprint density at radius 1 is 1.19 bits per heavy atom. The number of benzene rings is 2. The molecule has 0 fully saturated rings. The molecule has 1 aliphatic rings. The Kier molecular flexibility index (Phi) is 5.96. The smallest absolute Gasteiger partial charge is 0.127 e. The van der Waals surface area contributed by atoms with E-state index in [2.05, 4.69) is 30.4 Å². The van der Waals surface area contributed by atoms with Gasteiger partial charge in [-0.15, -0.1) is 0 Å². The Morgan fingerprint density at radius 2 is 2.00 bits per heavy atom. The van der Waals surface area contributed by atoms with Gasteiger partial charge in [0.25, 0.3) is 0 Å². The monoisotopic (exact) mass is 353 g/mol. The van der Waals surface area contributed by atoms with E-state index < -0.39 is 6.10 Å². The van der Waals surface area contributed by atoms with Gasteiger partial charge in [-0.3, -0.25) is 0 Å². The van der Waals surface area contributed by atoms with Crippen molar-refractivity contribution < 1.29 is 14.6 Å². The van der Waals surface area contributed by atoms with Crippen molar-refractivity contribution in [1.82, 2.24) is 5.32 Å². The summed E-state index contributed by atoms with van der Waals surface area (Å²) in [6, 6.07) is 14.1. The Morgan fingerprint density at radius 3 is 2.85 bits per heavy atom. The molecule has 2 aromatic rings. The Bertz CT molecular complexity index is 794. The summed E-state index contributed by atoms with van der Waals surface area (Å²) in [5.74, 6) is 1.79. The highest BCUT2D eigenvalue weighted by Crippen LogP contribution is 2.30. The molecule has 1 unspecified atom stereocenters. The number of ether oxygens (including phenoxy) is 2. The number of hydrogen-bond acceptors (Lipinski definition) is 4. The molecular formula is C22H27NO3. The lowest BCUT2D eigenvalue weighted by Crippen LogP contribution is -2.38. The van der Waals surface area contributed by atoms with Crippen molar-refractivity contribution in [1.29, 1.82) is 0 Å². The van der Waals surface area contributed by atoms with Crippen LogP contribution in [0.25, 0.3) is 10.8 Å². The topological polar surface area (TPSA) is 50.7 Å². The Balaban J connectivity index is 1.47.